The molecule has 4 aromatic rings. The number of benzene rings is 2. The number of amides is 1. The van der Waals surface area contributed by atoms with Gasteiger partial charge < -0.3 is 5.32 Å². The average Bonchev–Trinajstić information content (AvgIpc) is 3.05. The second kappa shape index (κ2) is 7.42. The standard InChI is InChI=1S/C19H13BrN4O2S/c20-13-5-3-4-12(10-13)14-8-9-18(26)24(23-14)11-17(25)22-19-21-15-6-1-2-7-16(15)27-19/h1-10H,11H2,(H,21,22,25). The zero-order valence-electron chi connectivity index (χ0n) is 13.9. The summed E-state index contributed by atoms with van der Waals surface area (Å²) in [5.41, 5.74) is 1.95. The van der Waals surface area contributed by atoms with E-state index in [0.29, 0.717) is 10.8 Å². The van der Waals surface area contributed by atoms with Gasteiger partial charge in [-0.15, -0.1) is 0 Å². The topological polar surface area (TPSA) is 76.9 Å². The number of hydrogen-bond donors (Lipinski definition) is 1. The van der Waals surface area contributed by atoms with Gasteiger partial charge in [0.25, 0.3) is 5.56 Å². The van der Waals surface area contributed by atoms with Gasteiger partial charge in [0.05, 0.1) is 15.9 Å². The normalized spacial score (nSPS) is 10.9. The fourth-order valence-electron chi connectivity index (χ4n) is 2.58. The van der Waals surface area contributed by atoms with Crippen molar-refractivity contribution in [3.05, 3.63) is 75.5 Å². The molecule has 2 aromatic heterocycles. The fraction of sp³-hybridized carbons (Fsp3) is 0.0526. The van der Waals surface area contributed by atoms with Crippen molar-refractivity contribution in [2.75, 3.05) is 5.32 Å². The molecule has 1 N–H and O–H groups in total. The number of anilines is 1. The lowest BCUT2D eigenvalue weighted by Gasteiger charge is -2.07. The van der Waals surface area contributed by atoms with Gasteiger partial charge in [0, 0.05) is 16.1 Å². The highest BCUT2D eigenvalue weighted by Crippen LogP contribution is 2.25. The smallest absolute Gasteiger partial charge is 0.267 e. The SMILES string of the molecule is O=C(Cn1nc(-c2cccc(Br)c2)ccc1=O)Nc1nc2ccccc2s1. The predicted molar refractivity (Wildman–Crippen MR) is 110 cm³/mol. The van der Waals surface area contributed by atoms with Crippen LogP contribution < -0.4 is 10.9 Å². The first kappa shape index (κ1) is 17.6. The Bertz CT molecular complexity index is 1170. The number of para-hydroxylation sites is 1. The average molecular weight is 441 g/mol. The predicted octanol–water partition coefficient (Wildman–Crippen LogP) is 3.92. The van der Waals surface area contributed by atoms with Crippen LogP contribution in [0.1, 0.15) is 0 Å². The molecule has 27 heavy (non-hydrogen) atoms. The molecule has 2 heterocycles. The number of hydrogen-bond acceptors (Lipinski definition) is 5. The highest BCUT2D eigenvalue weighted by atomic mass is 79.9. The van der Waals surface area contributed by atoms with Crippen LogP contribution in [0.25, 0.3) is 21.5 Å². The Labute approximate surface area is 166 Å². The summed E-state index contributed by atoms with van der Waals surface area (Å²) in [6.45, 7) is -0.184. The van der Waals surface area contributed by atoms with Crippen LogP contribution in [0.5, 0.6) is 0 Å². The van der Waals surface area contributed by atoms with E-state index in [-0.39, 0.29) is 18.0 Å². The molecular weight excluding hydrogens is 428 g/mol. The zero-order valence-corrected chi connectivity index (χ0v) is 16.3. The quantitative estimate of drug-likeness (QED) is 0.521. The highest BCUT2D eigenvalue weighted by molar-refractivity contribution is 9.10. The van der Waals surface area contributed by atoms with E-state index in [2.05, 4.69) is 31.3 Å². The van der Waals surface area contributed by atoms with Gasteiger partial charge in [-0.2, -0.15) is 5.10 Å². The van der Waals surface area contributed by atoms with Gasteiger partial charge in [-0.3, -0.25) is 9.59 Å². The molecule has 0 aliphatic heterocycles. The summed E-state index contributed by atoms with van der Waals surface area (Å²) >= 11 is 4.80. The second-order valence-corrected chi connectivity index (χ2v) is 7.71. The number of halogens is 1. The van der Waals surface area contributed by atoms with Crippen LogP contribution in [0.4, 0.5) is 5.13 Å². The molecule has 134 valence electrons. The number of carbonyl (C=O) groups excluding carboxylic acids is 1. The third-order valence-electron chi connectivity index (χ3n) is 3.82. The summed E-state index contributed by atoms with van der Waals surface area (Å²) in [6.07, 6.45) is 0. The fourth-order valence-corrected chi connectivity index (χ4v) is 3.87. The van der Waals surface area contributed by atoms with Gasteiger partial charge in [0.1, 0.15) is 6.54 Å². The van der Waals surface area contributed by atoms with Crippen LogP contribution in [-0.2, 0) is 11.3 Å². The highest BCUT2D eigenvalue weighted by Gasteiger charge is 2.11. The number of nitrogens with zero attached hydrogens (tertiary/aromatic N) is 3. The van der Waals surface area contributed by atoms with Gasteiger partial charge in [-0.25, -0.2) is 9.67 Å². The van der Waals surface area contributed by atoms with Crippen LogP contribution in [0.15, 0.2) is 69.9 Å². The molecule has 0 atom stereocenters. The summed E-state index contributed by atoms with van der Waals surface area (Å²) < 4.78 is 3.05. The Morgan fingerprint density at radius 3 is 2.78 bits per heavy atom. The molecule has 0 bridgehead atoms. The van der Waals surface area contributed by atoms with Crippen molar-refractivity contribution in [2.24, 2.45) is 0 Å². The van der Waals surface area contributed by atoms with Crippen LogP contribution >= 0.6 is 27.3 Å². The van der Waals surface area contributed by atoms with Gasteiger partial charge in [-0.1, -0.05) is 51.5 Å². The van der Waals surface area contributed by atoms with Crippen molar-refractivity contribution in [3.8, 4) is 11.3 Å². The van der Waals surface area contributed by atoms with E-state index in [1.807, 2.05) is 48.5 Å². The molecule has 0 aliphatic carbocycles. The number of nitrogens with one attached hydrogen (secondary N) is 1. The molecule has 0 unspecified atom stereocenters. The Hall–Kier alpha value is -2.84. The lowest BCUT2D eigenvalue weighted by molar-refractivity contribution is -0.117. The van der Waals surface area contributed by atoms with Crippen molar-refractivity contribution < 1.29 is 4.79 Å². The summed E-state index contributed by atoms with van der Waals surface area (Å²) in [5.74, 6) is -0.352. The molecule has 4 rings (SSSR count). The summed E-state index contributed by atoms with van der Waals surface area (Å²) in [7, 11) is 0. The third-order valence-corrected chi connectivity index (χ3v) is 5.27. The van der Waals surface area contributed by atoms with Crippen molar-refractivity contribution >= 4 is 48.5 Å². The lowest BCUT2D eigenvalue weighted by atomic mass is 10.1. The van der Waals surface area contributed by atoms with E-state index in [4.69, 9.17) is 0 Å². The number of thiazole rings is 1. The van der Waals surface area contributed by atoms with Gasteiger partial charge in [0.2, 0.25) is 5.91 Å². The van der Waals surface area contributed by atoms with Gasteiger partial charge >= 0.3 is 0 Å². The minimum absolute atomic E-state index is 0.184. The summed E-state index contributed by atoms with van der Waals surface area (Å²) in [4.78, 5) is 28.8. The Morgan fingerprint density at radius 2 is 1.96 bits per heavy atom. The third kappa shape index (κ3) is 3.96. The maximum atomic E-state index is 12.4. The first-order valence-electron chi connectivity index (χ1n) is 8.08. The first-order valence-corrected chi connectivity index (χ1v) is 9.69. The van der Waals surface area contributed by atoms with E-state index in [0.717, 1.165) is 24.9 Å². The molecule has 2 aromatic carbocycles. The zero-order chi connectivity index (χ0) is 18.8. The lowest BCUT2D eigenvalue weighted by Crippen LogP contribution is -2.29. The van der Waals surface area contributed by atoms with Crippen molar-refractivity contribution in [1.29, 1.82) is 0 Å². The van der Waals surface area contributed by atoms with Crippen LogP contribution in [-0.4, -0.2) is 20.7 Å². The summed E-state index contributed by atoms with van der Waals surface area (Å²) in [6, 6.07) is 18.3. The molecule has 0 saturated heterocycles. The van der Waals surface area contributed by atoms with E-state index in [9.17, 15) is 9.59 Å². The molecule has 0 fully saturated rings. The van der Waals surface area contributed by atoms with E-state index >= 15 is 0 Å². The number of carbonyl (C=O) groups is 1. The minimum atomic E-state index is -0.352. The molecule has 1 amide bonds. The monoisotopic (exact) mass is 440 g/mol. The van der Waals surface area contributed by atoms with Crippen molar-refractivity contribution in [1.82, 2.24) is 14.8 Å². The maximum Gasteiger partial charge on any atom is 0.267 e. The molecule has 0 aliphatic rings. The number of aromatic nitrogens is 3. The molecular formula is C19H13BrN4O2S. The van der Waals surface area contributed by atoms with Gasteiger partial charge in [0.15, 0.2) is 5.13 Å². The Kier molecular flexibility index (Phi) is 4.83. The summed E-state index contributed by atoms with van der Waals surface area (Å²) in [5, 5.41) is 7.55. The second-order valence-electron chi connectivity index (χ2n) is 5.76. The number of fused-ring (bicyclic) bond motifs is 1. The van der Waals surface area contributed by atoms with Crippen LogP contribution in [0.3, 0.4) is 0 Å². The van der Waals surface area contributed by atoms with Crippen molar-refractivity contribution in [2.45, 2.75) is 6.54 Å². The Morgan fingerprint density at radius 1 is 1.11 bits per heavy atom. The molecule has 0 radical (unpaired) electrons. The van der Waals surface area contributed by atoms with Crippen LogP contribution in [0, 0.1) is 0 Å². The van der Waals surface area contributed by atoms with E-state index in [1.165, 1.54) is 17.4 Å². The molecule has 6 nitrogen and oxygen atoms in total. The molecule has 0 spiro atoms. The maximum absolute atomic E-state index is 12.4. The van der Waals surface area contributed by atoms with Crippen molar-refractivity contribution in [3.63, 3.8) is 0 Å². The molecule has 0 saturated carbocycles. The Balaban J connectivity index is 1.55. The largest absolute Gasteiger partial charge is 0.300 e. The first-order chi connectivity index (χ1) is 13.1. The van der Waals surface area contributed by atoms with Crippen LogP contribution in [0.2, 0.25) is 0 Å². The van der Waals surface area contributed by atoms with Gasteiger partial charge in [-0.05, 0) is 30.3 Å². The minimum Gasteiger partial charge on any atom is -0.300 e. The number of rotatable bonds is 4. The molecule has 8 heteroatoms. The van der Waals surface area contributed by atoms with E-state index in [1.54, 1.807) is 6.07 Å². The van der Waals surface area contributed by atoms with E-state index < -0.39 is 0 Å².